The molecule has 0 saturated carbocycles. The Hall–Kier alpha value is -0.840. The lowest BCUT2D eigenvalue weighted by Crippen LogP contribution is -2.44. The summed E-state index contributed by atoms with van der Waals surface area (Å²) in [5, 5.41) is 5.60. The maximum atomic E-state index is 10.5. The third-order valence-electron chi connectivity index (χ3n) is 0.940. The zero-order valence-electron chi connectivity index (χ0n) is 6.80. The zero-order chi connectivity index (χ0) is 8.85. The van der Waals surface area contributed by atoms with E-state index in [1.54, 1.807) is 6.92 Å². The third-order valence-corrected chi connectivity index (χ3v) is 1.22. The van der Waals surface area contributed by atoms with Gasteiger partial charge in [-0.05, 0) is 19.1 Å². The van der Waals surface area contributed by atoms with E-state index in [1.807, 2.05) is 0 Å². The van der Waals surface area contributed by atoms with Crippen LogP contribution in [0.25, 0.3) is 0 Å². The highest BCUT2D eigenvalue weighted by Crippen LogP contribution is 1.78. The summed E-state index contributed by atoms with van der Waals surface area (Å²) in [5.41, 5.74) is 0. The number of amides is 1. The lowest BCUT2D eigenvalue weighted by Gasteiger charge is -2.14. The highest BCUT2D eigenvalue weighted by atomic mass is 32.1. The fourth-order valence-corrected chi connectivity index (χ4v) is 0.753. The van der Waals surface area contributed by atoms with E-state index in [-0.39, 0.29) is 17.2 Å². The molecule has 11 heavy (non-hydrogen) atoms. The number of thiocarbonyl (C=S) groups is 1. The lowest BCUT2D eigenvalue weighted by atomic mass is 10.5. The summed E-state index contributed by atoms with van der Waals surface area (Å²) in [6, 6.07) is 0. The predicted octanol–water partition coefficient (Wildman–Crippen LogP) is -0.0106. The molecule has 0 bridgehead atoms. The van der Waals surface area contributed by atoms with Crippen molar-refractivity contribution in [3.8, 4) is 0 Å². The summed E-state index contributed by atoms with van der Waals surface area (Å²) in [6.45, 7) is 3.21. The normalized spacial score (nSPS) is 11.5. The molecule has 0 heterocycles. The molecule has 2 N–H and O–H groups in total. The van der Waals surface area contributed by atoms with Crippen molar-refractivity contribution in [1.29, 1.82) is 0 Å². The second kappa shape index (κ2) is 4.90. The van der Waals surface area contributed by atoms with Gasteiger partial charge in [0.1, 0.15) is 0 Å². The van der Waals surface area contributed by atoms with Crippen molar-refractivity contribution in [2.45, 2.75) is 20.0 Å². The zero-order valence-corrected chi connectivity index (χ0v) is 7.62. The van der Waals surface area contributed by atoms with E-state index < -0.39 is 0 Å². The molecular formula is C6H12N2O2S. The number of carbonyl (C=O) groups excluding carboxylic acids is 1. The average molecular weight is 176 g/mol. The molecule has 0 aliphatic heterocycles. The first-order chi connectivity index (χ1) is 5.06. The maximum Gasteiger partial charge on any atom is 0.257 e. The van der Waals surface area contributed by atoms with E-state index in [1.165, 1.54) is 14.0 Å². The number of methoxy groups -OCH3 is 1. The van der Waals surface area contributed by atoms with Crippen LogP contribution >= 0.6 is 12.2 Å². The van der Waals surface area contributed by atoms with Crippen LogP contribution in [0.5, 0.6) is 0 Å². The molecule has 1 atom stereocenters. The summed E-state index contributed by atoms with van der Waals surface area (Å²) in [7, 11) is 1.47. The minimum Gasteiger partial charge on any atom is -0.474 e. The van der Waals surface area contributed by atoms with Gasteiger partial charge >= 0.3 is 0 Å². The summed E-state index contributed by atoms with van der Waals surface area (Å²) >= 11 is 4.70. The molecule has 0 saturated heterocycles. The number of hydrogen-bond donors (Lipinski definition) is 2. The van der Waals surface area contributed by atoms with Crippen molar-refractivity contribution in [2.24, 2.45) is 0 Å². The topological polar surface area (TPSA) is 50.4 Å². The van der Waals surface area contributed by atoms with E-state index in [0.29, 0.717) is 0 Å². The molecule has 0 aliphatic carbocycles. The summed E-state index contributed by atoms with van der Waals surface area (Å²) < 4.78 is 4.67. The fourth-order valence-electron chi connectivity index (χ4n) is 0.577. The van der Waals surface area contributed by atoms with Gasteiger partial charge in [-0.15, -0.1) is 0 Å². The number of hydrogen-bond acceptors (Lipinski definition) is 3. The van der Waals surface area contributed by atoms with E-state index in [2.05, 4.69) is 15.4 Å². The second-order valence-electron chi connectivity index (χ2n) is 2.06. The molecule has 0 spiro atoms. The van der Waals surface area contributed by atoms with Gasteiger partial charge < -0.3 is 15.4 Å². The van der Waals surface area contributed by atoms with Gasteiger partial charge in [-0.25, -0.2) is 0 Å². The van der Waals surface area contributed by atoms with Crippen LogP contribution in [0.15, 0.2) is 0 Å². The molecule has 1 amide bonds. The van der Waals surface area contributed by atoms with E-state index in [9.17, 15) is 4.79 Å². The van der Waals surface area contributed by atoms with Gasteiger partial charge in [0.05, 0.1) is 13.3 Å². The fraction of sp³-hybridized carbons (Fsp3) is 0.667. The van der Waals surface area contributed by atoms with Crippen LogP contribution in [-0.4, -0.2) is 24.4 Å². The van der Waals surface area contributed by atoms with Gasteiger partial charge in [0.15, 0.2) is 0 Å². The largest absolute Gasteiger partial charge is 0.474 e. The maximum absolute atomic E-state index is 10.5. The number of ether oxygens (including phenoxy) is 1. The van der Waals surface area contributed by atoms with Crippen LogP contribution < -0.4 is 10.6 Å². The number of carbonyl (C=O) groups is 1. The lowest BCUT2D eigenvalue weighted by molar-refractivity contribution is -0.119. The smallest absolute Gasteiger partial charge is 0.257 e. The summed E-state index contributed by atoms with van der Waals surface area (Å²) in [6.07, 6.45) is -0.194. The van der Waals surface area contributed by atoms with Crippen LogP contribution in [0.1, 0.15) is 13.8 Å². The number of rotatable bonds is 2. The SMILES string of the molecule is COC(=S)NC(C)NC(C)=O. The first-order valence-electron chi connectivity index (χ1n) is 3.18. The molecule has 0 aromatic carbocycles. The molecule has 1 unspecified atom stereocenters. The monoisotopic (exact) mass is 176 g/mol. The van der Waals surface area contributed by atoms with Crippen LogP contribution in [0.2, 0.25) is 0 Å². The van der Waals surface area contributed by atoms with Crippen molar-refractivity contribution >= 4 is 23.3 Å². The van der Waals surface area contributed by atoms with Gasteiger partial charge in [-0.2, -0.15) is 0 Å². The van der Waals surface area contributed by atoms with Gasteiger partial charge in [0.2, 0.25) is 5.91 Å². The summed E-state index contributed by atoms with van der Waals surface area (Å²) in [4.78, 5) is 10.5. The molecule has 64 valence electrons. The quantitative estimate of drug-likeness (QED) is 0.459. The minimum absolute atomic E-state index is 0.107. The molecule has 0 aliphatic rings. The van der Waals surface area contributed by atoms with Crippen LogP contribution in [0, 0.1) is 0 Å². The van der Waals surface area contributed by atoms with E-state index in [4.69, 9.17) is 12.2 Å². The Morgan fingerprint density at radius 3 is 2.45 bits per heavy atom. The first kappa shape index (κ1) is 10.2. The Labute approximate surface area is 71.3 Å². The molecule has 0 aromatic heterocycles. The first-order valence-corrected chi connectivity index (χ1v) is 3.58. The van der Waals surface area contributed by atoms with Crippen molar-refractivity contribution in [2.75, 3.05) is 7.11 Å². The molecule has 0 fully saturated rings. The van der Waals surface area contributed by atoms with Crippen LogP contribution in [-0.2, 0) is 9.53 Å². The van der Waals surface area contributed by atoms with Crippen molar-refractivity contribution in [3.05, 3.63) is 0 Å². The molecular weight excluding hydrogens is 164 g/mol. The van der Waals surface area contributed by atoms with Gasteiger partial charge in [0.25, 0.3) is 5.17 Å². The Kier molecular flexibility index (Phi) is 4.52. The second-order valence-corrected chi connectivity index (χ2v) is 2.43. The number of nitrogens with one attached hydrogen (secondary N) is 2. The minimum atomic E-state index is -0.194. The Morgan fingerprint density at radius 2 is 2.09 bits per heavy atom. The molecule has 0 rings (SSSR count). The van der Waals surface area contributed by atoms with Crippen LogP contribution in [0.3, 0.4) is 0 Å². The Bertz CT molecular complexity index is 161. The van der Waals surface area contributed by atoms with E-state index in [0.717, 1.165) is 0 Å². The molecule has 0 radical (unpaired) electrons. The highest BCUT2D eigenvalue weighted by Gasteiger charge is 2.03. The predicted molar refractivity (Wildman–Crippen MR) is 46.0 cm³/mol. The molecule has 0 aromatic rings. The molecule has 4 nitrogen and oxygen atoms in total. The third kappa shape index (κ3) is 5.60. The van der Waals surface area contributed by atoms with Gasteiger partial charge in [-0.1, -0.05) is 0 Å². The Balaban J connectivity index is 3.60. The van der Waals surface area contributed by atoms with Crippen molar-refractivity contribution < 1.29 is 9.53 Å². The van der Waals surface area contributed by atoms with Gasteiger partial charge in [-0.3, -0.25) is 4.79 Å². The van der Waals surface area contributed by atoms with Crippen molar-refractivity contribution in [1.82, 2.24) is 10.6 Å². The molecule has 5 heteroatoms. The van der Waals surface area contributed by atoms with Crippen molar-refractivity contribution in [3.63, 3.8) is 0 Å². The summed E-state index contributed by atoms with van der Waals surface area (Å²) in [5.74, 6) is -0.107. The highest BCUT2D eigenvalue weighted by molar-refractivity contribution is 7.80. The average Bonchev–Trinajstić information content (AvgIpc) is 1.85. The Morgan fingerprint density at radius 1 is 1.55 bits per heavy atom. The van der Waals surface area contributed by atoms with E-state index >= 15 is 0 Å². The van der Waals surface area contributed by atoms with Gasteiger partial charge in [0, 0.05) is 6.92 Å². The van der Waals surface area contributed by atoms with Crippen LogP contribution in [0.4, 0.5) is 0 Å². The standard InChI is InChI=1S/C6H12N2O2S/c1-4(7-5(2)9)8-6(11)10-3/h4H,1-3H3,(H,7,9)(H,8,11).